The fourth-order valence-electron chi connectivity index (χ4n) is 1.71. The van der Waals surface area contributed by atoms with Crippen LogP contribution in [0.3, 0.4) is 0 Å². The van der Waals surface area contributed by atoms with E-state index < -0.39 is 0 Å². The molecule has 1 rings (SSSR count). The number of hydrogen-bond acceptors (Lipinski definition) is 2. The van der Waals surface area contributed by atoms with Gasteiger partial charge in [0.25, 0.3) is 0 Å². The van der Waals surface area contributed by atoms with E-state index >= 15 is 0 Å². The second-order valence-corrected chi connectivity index (χ2v) is 4.80. The molecule has 0 spiro atoms. The molecule has 1 aromatic heterocycles. The van der Waals surface area contributed by atoms with Crippen LogP contribution in [0.1, 0.15) is 45.9 Å². The SMILES string of the molecule is CCC(C)n1ccc(CC(C)C(C)NC)n1. The molecule has 1 N–H and O–H groups in total. The molecular weight excluding hydrogens is 198 g/mol. The molecule has 16 heavy (non-hydrogen) atoms. The van der Waals surface area contributed by atoms with Crippen LogP contribution in [0.2, 0.25) is 0 Å². The van der Waals surface area contributed by atoms with E-state index in [-0.39, 0.29) is 0 Å². The minimum absolute atomic E-state index is 0.505. The average molecular weight is 223 g/mol. The summed E-state index contributed by atoms with van der Waals surface area (Å²) in [7, 11) is 2.01. The molecule has 3 atom stereocenters. The van der Waals surface area contributed by atoms with Crippen LogP contribution in [0.15, 0.2) is 12.3 Å². The van der Waals surface area contributed by atoms with Gasteiger partial charge < -0.3 is 5.32 Å². The van der Waals surface area contributed by atoms with Crippen LogP contribution in [0.25, 0.3) is 0 Å². The number of rotatable bonds is 6. The van der Waals surface area contributed by atoms with Gasteiger partial charge in [0.1, 0.15) is 0 Å². The molecule has 0 saturated carbocycles. The van der Waals surface area contributed by atoms with Crippen LogP contribution in [0, 0.1) is 5.92 Å². The minimum atomic E-state index is 0.505. The van der Waals surface area contributed by atoms with Crippen molar-refractivity contribution in [1.29, 1.82) is 0 Å². The van der Waals surface area contributed by atoms with Crippen molar-refractivity contribution >= 4 is 0 Å². The maximum absolute atomic E-state index is 4.63. The van der Waals surface area contributed by atoms with Gasteiger partial charge in [0.2, 0.25) is 0 Å². The van der Waals surface area contributed by atoms with E-state index in [1.165, 1.54) is 5.69 Å². The summed E-state index contributed by atoms with van der Waals surface area (Å²) in [5.41, 5.74) is 1.20. The maximum atomic E-state index is 4.63. The van der Waals surface area contributed by atoms with Gasteiger partial charge >= 0.3 is 0 Å². The summed E-state index contributed by atoms with van der Waals surface area (Å²) in [6.07, 6.45) is 4.27. The molecule has 3 nitrogen and oxygen atoms in total. The summed E-state index contributed by atoms with van der Waals surface area (Å²) in [5.74, 6) is 0.616. The van der Waals surface area contributed by atoms with Gasteiger partial charge in [-0.3, -0.25) is 4.68 Å². The molecule has 0 bridgehead atoms. The first-order valence-corrected chi connectivity index (χ1v) is 6.29. The van der Waals surface area contributed by atoms with Crippen molar-refractivity contribution in [3.05, 3.63) is 18.0 Å². The van der Waals surface area contributed by atoms with Crippen LogP contribution >= 0.6 is 0 Å². The van der Waals surface area contributed by atoms with Crippen LogP contribution < -0.4 is 5.32 Å². The lowest BCUT2D eigenvalue weighted by Gasteiger charge is -2.18. The van der Waals surface area contributed by atoms with Gasteiger partial charge in [0, 0.05) is 18.3 Å². The van der Waals surface area contributed by atoms with Crippen molar-refractivity contribution in [3.8, 4) is 0 Å². The molecule has 1 aromatic rings. The maximum Gasteiger partial charge on any atom is 0.0627 e. The molecule has 0 aromatic carbocycles. The normalized spacial score (nSPS) is 17.1. The van der Waals surface area contributed by atoms with Crippen LogP contribution in [0.5, 0.6) is 0 Å². The van der Waals surface area contributed by atoms with E-state index in [1.54, 1.807) is 0 Å². The molecule has 0 saturated heterocycles. The first kappa shape index (κ1) is 13.2. The zero-order valence-corrected chi connectivity index (χ0v) is 11.2. The quantitative estimate of drug-likeness (QED) is 0.803. The van der Waals surface area contributed by atoms with E-state index in [0.29, 0.717) is 18.0 Å². The van der Waals surface area contributed by atoms with E-state index in [0.717, 1.165) is 12.8 Å². The third-order valence-corrected chi connectivity index (χ3v) is 3.55. The van der Waals surface area contributed by atoms with Gasteiger partial charge in [0.15, 0.2) is 0 Å². The highest BCUT2D eigenvalue weighted by atomic mass is 15.3. The Hall–Kier alpha value is -0.830. The second-order valence-electron chi connectivity index (χ2n) is 4.80. The standard InChI is InChI=1S/C13H25N3/c1-6-11(3)16-8-7-13(15-16)9-10(2)12(4)14-5/h7-8,10-12,14H,6,9H2,1-5H3. The van der Waals surface area contributed by atoms with Crippen LogP contribution in [0.4, 0.5) is 0 Å². The number of hydrogen-bond donors (Lipinski definition) is 1. The Bertz CT molecular complexity index is 306. The third-order valence-electron chi connectivity index (χ3n) is 3.55. The molecular formula is C13H25N3. The molecule has 3 unspecified atom stereocenters. The Morgan fingerprint density at radius 1 is 1.38 bits per heavy atom. The molecule has 0 fully saturated rings. The van der Waals surface area contributed by atoms with E-state index in [2.05, 4.69) is 55.1 Å². The summed E-state index contributed by atoms with van der Waals surface area (Å²) in [5, 5.41) is 7.92. The number of aromatic nitrogens is 2. The lowest BCUT2D eigenvalue weighted by molar-refractivity contribution is 0.413. The second kappa shape index (κ2) is 6.04. The summed E-state index contributed by atoms with van der Waals surface area (Å²) in [4.78, 5) is 0. The van der Waals surface area contributed by atoms with Crippen molar-refractivity contribution in [1.82, 2.24) is 15.1 Å². The van der Waals surface area contributed by atoms with Crippen molar-refractivity contribution in [2.45, 2.75) is 52.6 Å². The van der Waals surface area contributed by atoms with Gasteiger partial charge in [-0.2, -0.15) is 5.10 Å². The fraction of sp³-hybridized carbons (Fsp3) is 0.769. The third kappa shape index (κ3) is 3.34. The molecule has 0 aliphatic heterocycles. The Morgan fingerprint density at radius 2 is 2.06 bits per heavy atom. The lowest BCUT2D eigenvalue weighted by atomic mass is 9.98. The first-order chi connectivity index (χ1) is 7.58. The lowest BCUT2D eigenvalue weighted by Crippen LogP contribution is -2.30. The number of nitrogens with one attached hydrogen (secondary N) is 1. The highest BCUT2D eigenvalue weighted by molar-refractivity contribution is 5.01. The first-order valence-electron chi connectivity index (χ1n) is 6.29. The van der Waals surface area contributed by atoms with Crippen LogP contribution in [-0.2, 0) is 6.42 Å². The highest BCUT2D eigenvalue weighted by Crippen LogP contribution is 2.13. The monoisotopic (exact) mass is 223 g/mol. The van der Waals surface area contributed by atoms with Gasteiger partial charge in [-0.05, 0) is 45.7 Å². The molecule has 0 radical (unpaired) electrons. The largest absolute Gasteiger partial charge is 0.317 e. The predicted molar refractivity (Wildman–Crippen MR) is 68.6 cm³/mol. The smallest absolute Gasteiger partial charge is 0.0627 e. The van der Waals surface area contributed by atoms with Gasteiger partial charge in [-0.25, -0.2) is 0 Å². The van der Waals surface area contributed by atoms with Crippen LogP contribution in [-0.4, -0.2) is 22.9 Å². The Morgan fingerprint density at radius 3 is 2.62 bits per heavy atom. The van der Waals surface area contributed by atoms with Gasteiger partial charge in [0.05, 0.1) is 5.69 Å². The minimum Gasteiger partial charge on any atom is -0.317 e. The van der Waals surface area contributed by atoms with E-state index in [9.17, 15) is 0 Å². The van der Waals surface area contributed by atoms with Crippen molar-refractivity contribution < 1.29 is 0 Å². The number of nitrogens with zero attached hydrogens (tertiary/aromatic N) is 2. The molecule has 92 valence electrons. The zero-order valence-electron chi connectivity index (χ0n) is 11.2. The molecule has 0 aliphatic carbocycles. The highest BCUT2D eigenvalue weighted by Gasteiger charge is 2.13. The Balaban J connectivity index is 2.58. The van der Waals surface area contributed by atoms with Crippen molar-refractivity contribution in [2.24, 2.45) is 5.92 Å². The molecule has 0 aliphatic rings. The Labute approximate surface area is 99.2 Å². The van der Waals surface area contributed by atoms with Gasteiger partial charge in [-0.1, -0.05) is 13.8 Å². The summed E-state index contributed by atoms with van der Waals surface area (Å²) >= 11 is 0. The fourth-order valence-corrected chi connectivity index (χ4v) is 1.71. The predicted octanol–water partition coefficient (Wildman–Crippen LogP) is 2.64. The van der Waals surface area contributed by atoms with Crippen molar-refractivity contribution in [3.63, 3.8) is 0 Å². The molecule has 0 amide bonds. The van der Waals surface area contributed by atoms with Gasteiger partial charge in [-0.15, -0.1) is 0 Å². The summed E-state index contributed by atoms with van der Waals surface area (Å²) in [6, 6.07) is 3.19. The zero-order chi connectivity index (χ0) is 12.1. The molecule has 1 heterocycles. The van der Waals surface area contributed by atoms with E-state index in [1.807, 2.05) is 7.05 Å². The Kier molecular flexibility index (Phi) is 5.00. The average Bonchev–Trinajstić information content (AvgIpc) is 2.75. The topological polar surface area (TPSA) is 29.9 Å². The summed E-state index contributed by atoms with van der Waals surface area (Å²) in [6.45, 7) is 8.88. The van der Waals surface area contributed by atoms with E-state index in [4.69, 9.17) is 0 Å². The van der Waals surface area contributed by atoms with Crippen molar-refractivity contribution in [2.75, 3.05) is 7.05 Å². The summed E-state index contributed by atoms with van der Waals surface area (Å²) < 4.78 is 2.08. The molecule has 3 heteroatoms.